The lowest BCUT2D eigenvalue weighted by atomic mass is 9.99. The Morgan fingerprint density at radius 2 is 1.90 bits per heavy atom. The number of aliphatic carboxylic acids is 1. The number of nitrogens with zero attached hydrogens (tertiary/aromatic N) is 1. The highest BCUT2D eigenvalue weighted by Gasteiger charge is 2.26. The predicted molar refractivity (Wildman–Crippen MR) is 85.0 cm³/mol. The molecule has 6 heteroatoms. The van der Waals surface area contributed by atoms with Gasteiger partial charge in [0, 0.05) is 18.1 Å². The molecule has 2 atom stereocenters. The molecule has 2 N–H and O–H groups in total. The smallest absolute Gasteiger partial charge is 0.326 e. The Labute approximate surface area is 133 Å². The third-order valence-electron chi connectivity index (χ3n) is 3.44. The SMILES string of the molecule is CC[C@H](C)[C@H](NC(=O)N(C)Cc1ccc(Br)cc1)C(=O)O. The van der Waals surface area contributed by atoms with Gasteiger partial charge in [-0.25, -0.2) is 9.59 Å². The molecule has 0 spiro atoms. The minimum atomic E-state index is -1.00. The van der Waals surface area contributed by atoms with Crippen LogP contribution in [0.3, 0.4) is 0 Å². The first-order valence-electron chi connectivity index (χ1n) is 6.84. The molecule has 1 rings (SSSR count). The average molecular weight is 357 g/mol. The van der Waals surface area contributed by atoms with Gasteiger partial charge < -0.3 is 15.3 Å². The van der Waals surface area contributed by atoms with Crippen LogP contribution < -0.4 is 5.32 Å². The minimum Gasteiger partial charge on any atom is -0.480 e. The van der Waals surface area contributed by atoms with E-state index >= 15 is 0 Å². The lowest BCUT2D eigenvalue weighted by Crippen LogP contribution is -2.49. The fourth-order valence-corrected chi connectivity index (χ4v) is 2.13. The summed E-state index contributed by atoms with van der Waals surface area (Å²) in [5, 5.41) is 11.8. The van der Waals surface area contributed by atoms with Crippen molar-refractivity contribution in [1.29, 1.82) is 0 Å². The lowest BCUT2D eigenvalue weighted by molar-refractivity contribution is -0.140. The molecule has 0 unspecified atom stereocenters. The second kappa shape index (κ2) is 8.02. The standard InChI is InChI=1S/C15H21BrN2O3/c1-4-10(2)13(14(19)20)17-15(21)18(3)9-11-5-7-12(16)8-6-11/h5-8,10,13H,4,9H2,1-3H3,(H,17,21)(H,19,20)/t10-,13-/m0/s1. The van der Waals surface area contributed by atoms with Gasteiger partial charge >= 0.3 is 12.0 Å². The Hall–Kier alpha value is -1.56. The van der Waals surface area contributed by atoms with E-state index < -0.39 is 12.0 Å². The first kappa shape index (κ1) is 17.5. The van der Waals surface area contributed by atoms with Crippen LogP contribution in [-0.2, 0) is 11.3 Å². The van der Waals surface area contributed by atoms with E-state index in [9.17, 15) is 14.7 Å². The highest BCUT2D eigenvalue weighted by molar-refractivity contribution is 9.10. The first-order chi connectivity index (χ1) is 9.85. The van der Waals surface area contributed by atoms with Gasteiger partial charge in [-0.3, -0.25) is 0 Å². The Morgan fingerprint density at radius 1 is 1.33 bits per heavy atom. The van der Waals surface area contributed by atoms with Gasteiger partial charge in [0.2, 0.25) is 0 Å². The molecule has 0 bridgehead atoms. The van der Waals surface area contributed by atoms with E-state index in [-0.39, 0.29) is 11.9 Å². The zero-order valence-electron chi connectivity index (χ0n) is 12.5. The van der Waals surface area contributed by atoms with Gasteiger partial charge in [0.15, 0.2) is 0 Å². The fourth-order valence-electron chi connectivity index (χ4n) is 1.86. The molecule has 5 nitrogen and oxygen atoms in total. The zero-order valence-corrected chi connectivity index (χ0v) is 14.1. The molecule has 1 aromatic carbocycles. The molecule has 2 amide bonds. The molecule has 1 aromatic rings. The number of hydrogen-bond donors (Lipinski definition) is 2. The summed E-state index contributed by atoms with van der Waals surface area (Å²) in [6, 6.07) is 6.38. The summed E-state index contributed by atoms with van der Waals surface area (Å²) in [5.41, 5.74) is 0.978. The average Bonchev–Trinajstić information content (AvgIpc) is 2.45. The van der Waals surface area contributed by atoms with Gasteiger partial charge in [0.25, 0.3) is 0 Å². The number of benzene rings is 1. The summed E-state index contributed by atoms with van der Waals surface area (Å²) in [6.45, 7) is 4.14. The molecule has 0 saturated carbocycles. The number of amides is 2. The van der Waals surface area contributed by atoms with Crippen molar-refractivity contribution in [2.24, 2.45) is 5.92 Å². The van der Waals surface area contributed by atoms with Crippen LogP contribution in [0.4, 0.5) is 4.79 Å². The van der Waals surface area contributed by atoms with E-state index in [4.69, 9.17) is 0 Å². The first-order valence-corrected chi connectivity index (χ1v) is 7.63. The van der Waals surface area contributed by atoms with Crippen LogP contribution in [0, 0.1) is 5.92 Å². The van der Waals surface area contributed by atoms with Gasteiger partial charge in [-0.05, 0) is 23.6 Å². The van der Waals surface area contributed by atoms with Gasteiger partial charge in [0.05, 0.1) is 0 Å². The molecular weight excluding hydrogens is 336 g/mol. The number of rotatable bonds is 6. The molecule has 0 aliphatic rings. The Kier molecular flexibility index (Phi) is 6.68. The monoisotopic (exact) mass is 356 g/mol. The molecule has 0 radical (unpaired) electrons. The van der Waals surface area contributed by atoms with Crippen LogP contribution in [0.1, 0.15) is 25.8 Å². The van der Waals surface area contributed by atoms with E-state index in [1.807, 2.05) is 38.1 Å². The molecule has 21 heavy (non-hydrogen) atoms. The predicted octanol–water partition coefficient (Wildman–Crippen LogP) is 3.09. The van der Waals surface area contributed by atoms with Crippen molar-refractivity contribution in [3.63, 3.8) is 0 Å². The second-order valence-electron chi connectivity index (χ2n) is 5.13. The number of urea groups is 1. The maximum absolute atomic E-state index is 12.1. The Morgan fingerprint density at radius 3 is 2.38 bits per heavy atom. The van der Waals surface area contributed by atoms with E-state index in [0.717, 1.165) is 10.0 Å². The maximum Gasteiger partial charge on any atom is 0.326 e. The normalized spacial score (nSPS) is 13.3. The number of carboxylic acid groups (broad SMARTS) is 1. The van der Waals surface area contributed by atoms with Crippen molar-refractivity contribution in [2.75, 3.05) is 7.05 Å². The third kappa shape index (κ3) is 5.38. The summed E-state index contributed by atoms with van der Waals surface area (Å²) in [6.07, 6.45) is 0.688. The van der Waals surface area contributed by atoms with E-state index in [1.54, 1.807) is 7.05 Å². The zero-order chi connectivity index (χ0) is 16.0. The highest BCUT2D eigenvalue weighted by Crippen LogP contribution is 2.12. The van der Waals surface area contributed by atoms with Crippen LogP contribution in [0.15, 0.2) is 28.7 Å². The van der Waals surface area contributed by atoms with Crippen LogP contribution in [0.5, 0.6) is 0 Å². The van der Waals surface area contributed by atoms with Crippen molar-refractivity contribution in [3.05, 3.63) is 34.3 Å². The largest absolute Gasteiger partial charge is 0.480 e. The molecule has 0 aliphatic heterocycles. The van der Waals surface area contributed by atoms with E-state index in [1.165, 1.54) is 4.90 Å². The van der Waals surface area contributed by atoms with E-state index in [2.05, 4.69) is 21.2 Å². The van der Waals surface area contributed by atoms with Crippen LogP contribution in [0.25, 0.3) is 0 Å². The summed E-state index contributed by atoms with van der Waals surface area (Å²) >= 11 is 3.35. The number of hydrogen-bond acceptors (Lipinski definition) is 2. The number of carboxylic acids is 1. The topological polar surface area (TPSA) is 69.6 Å². The minimum absolute atomic E-state index is 0.118. The molecular formula is C15H21BrN2O3. The summed E-state index contributed by atoms with van der Waals surface area (Å²) in [5.74, 6) is -1.12. The molecule has 116 valence electrons. The van der Waals surface area contributed by atoms with Crippen LogP contribution in [0.2, 0.25) is 0 Å². The van der Waals surface area contributed by atoms with Crippen LogP contribution in [-0.4, -0.2) is 35.1 Å². The van der Waals surface area contributed by atoms with Crippen molar-refractivity contribution < 1.29 is 14.7 Å². The molecule has 0 fully saturated rings. The third-order valence-corrected chi connectivity index (χ3v) is 3.97. The van der Waals surface area contributed by atoms with Gasteiger partial charge in [0.1, 0.15) is 6.04 Å². The summed E-state index contributed by atoms with van der Waals surface area (Å²) in [7, 11) is 1.65. The van der Waals surface area contributed by atoms with Gasteiger partial charge in [-0.2, -0.15) is 0 Å². The molecule has 0 heterocycles. The van der Waals surface area contributed by atoms with Crippen molar-refractivity contribution in [2.45, 2.75) is 32.9 Å². The lowest BCUT2D eigenvalue weighted by Gasteiger charge is -2.24. The van der Waals surface area contributed by atoms with E-state index in [0.29, 0.717) is 13.0 Å². The summed E-state index contributed by atoms with van der Waals surface area (Å²) in [4.78, 5) is 24.8. The summed E-state index contributed by atoms with van der Waals surface area (Å²) < 4.78 is 0.973. The Balaban J connectivity index is 2.64. The highest BCUT2D eigenvalue weighted by atomic mass is 79.9. The number of carbonyl (C=O) groups is 2. The molecule has 0 aliphatic carbocycles. The van der Waals surface area contributed by atoms with Crippen molar-refractivity contribution in [3.8, 4) is 0 Å². The Bertz CT molecular complexity index is 490. The number of halogens is 1. The quantitative estimate of drug-likeness (QED) is 0.822. The number of nitrogens with one attached hydrogen (secondary N) is 1. The van der Waals surface area contributed by atoms with Crippen molar-refractivity contribution >= 4 is 27.9 Å². The second-order valence-corrected chi connectivity index (χ2v) is 6.05. The number of carbonyl (C=O) groups excluding carboxylic acids is 1. The van der Waals surface area contributed by atoms with Crippen LogP contribution >= 0.6 is 15.9 Å². The maximum atomic E-state index is 12.1. The van der Waals surface area contributed by atoms with Gasteiger partial charge in [-0.1, -0.05) is 48.3 Å². The molecule has 0 aromatic heterocycles. The fraction of sp³-hybridized carbons (Fsp3) is 0.467. The molecule has 0 saturated heterocycles. The van der Waals surface area contributed by atoms with Crippen molar-refractivity contribution in [1.82, 2.24) is 10.2 Å². The van der Waals surface area contributed by atoms with Gasteiger partial charge in [-0.15, -0.1) is 0 Å².